The number of anilines is 1. The number of fused-ring (bicyclic) bond motifs is 1. The van der Waals surface area contributed by atoms with Crippen LogP contribution in [0.4, 0.5) is 10.5 Å². The lowest BCUT2D eigenvalue weighted by Gasteiger charge is -2.28. The average molecular weight is 469 g/mol. The predicted molar refractivity (Wildman–Crippen MR) is 128 cm³/mol. The summed E-state index contributed by atoms with van der Waals surface area (Å²) in [5.74, 6) is 1.00. The van der Waals surface area contributed by atoms with Gasteiger partial charge < -0.3 is 19.8 Å². The first-order valence-electron chi connectivity index (χ1n) is 10.7. The summed E-state index contributed by atoms with van der Waals surface area (Å²) < 4.78 is 12.8. The van der Waals surface area contributed by atoms with Gasteiger partial charge in [0.2, 0.25) is 0 Å². The Hall–Kier alpha value is -3.19. The van der Waals surface area contributed by atoms with Crippen molar-refractivity contribution in [3.05, 3.63) is 47.0 Å². The molecule has 1 aromatic carbocycles. The summed E-state index contributed by atoms with van der Waals surface area (Å²) in [6.45, 7) is 8.74. The number of hydrogen-bond donors (Lipinski definition) is 1. The molecule has 3 heterocycles. The summed E-state index contributed by atoms with van der Waals surface area (Å²) in [6, 6.07) is 5.15. The molecule has 3 amide bonds. The molecular formula is C23H28N5O4P. The zero-order chi connectivity index (χ0) is 23.9. The molecule has 0 saturated carbocycles. The Morgan fingerprint density at radius 2 is 1.88 bits per heavy atom. The fraction of sp³-hybridized carbons (Fsp3) is 0.391. The second-order valence-corrected chi connectivity index (χ2v) is 9.60. The molecule has 1 aromatic heterocycles. The Bertz CT molecular complexity index is 1170. The first kappa shape index (κ1) is 23.0. The maximum absolute atomic E-state index is 13.4. The van der Waals surface area contributed by atoms with E-state index in [-0.39, 0.29) is 12.5 Å². The van der Waals surface area contributed by atoms with Gasteiger partial charge in [0.15, 0.2) is 11.5 Å². The second kappa shape index (κ2) is 8.63. The molecule has 1 saturated heterocycles. The van der Waals surface area contributed by atoms with Gasteiger partial charge in [-0.1, -0.05) is 6.07 Å². The number of nitrogens with zero attached hydrogens (tertiary/aromatic N) is 4. The summed E-state index contributed by atoms with van der Waals surface area (Å²) in [4.78, 5) is 29.3. The van der Waals surface area contributed by atoms with Gasteiger partial charge >= 0.3 is 6.03 Å². The number of imide groups is 1. The Kier molecular flexibility index (Phi) is 6.01. The normalized spacial score (nSPS) is 18.0. The quantitative estimate of drug-likeness (QED) is 0.396. The van der Waals surface area contributed by atoms with E-state index >= 15 is 0 Å². The van der Waals surface area contributed by atoms with Gasteiger partial charge in [-0.3, -0.25) is 9.48 Å². The van der Waals surface area contributed by atoms with Gasteiger partial charge in [0.1, 0.15) is 18.8 Å². The molecule has 0 spiro atoms. The topological polar surface area (TPSA) is 101 Å². The number of allylic oxidation sites excluding steroid dienone is 2. The number of carbonyl (C=O) groups excluding carboxylic acids is 2. The van der Waals surface area contributed by atoms with Crippen molar-refractivity contribution < 1.29 is 19.1 Å². The molecule has 10 heteroatoms. The summed E-state index contributed by atoms with van der Waals surface area (Å²) in [5, 5.41) is 13.2. The molecule has 174 valence electrons. The van der Waals surface area contributed by atoms with Crippen LogP contribution in [0.2, 0.25) is 0 Å². The zero-order valence-corrected chi connectivity index (χ0v) is 20.4. The summed E-state index contributed by atoms with van der Waals surface area (Å²) in [7, 11) is 2.60. The molecule has 1 unspecified atom stereocenters. The predicted octanol–water partition coefficient (Wildman–Crippen LogP) is 3.59. The van der Waals surface area contributed by atoms with Crippen molar-refractivity contribution in [1.29, 1.82) is 5.41 Å². The number of amides is 3. The fourth-order valence-corrected chi connectivity index (χ4v) is 4.26. The number of aromatic nitrogens is 2. The van der Waals surface area contributed by atoms with Crippen LogP contribution >= 0.6 is 9.24 Å². The highest BCUT2D eigenvalue weighted by Gasteiger charge is 2.52. The zero-order valence-electron chi connectivity index (χ0n) is 19.2. The van der Waals surface area contributed by atoms with E-state index in [1.807, 2.05) is 25.1 Å². The average Bonchev–Trinajstić information content (AvgIpc) is 3.28. The first-order chi connectivity index (χ1) is 15.6. The third-order valence-electron chi connectivity index (χ3n) is 5.90. The molecule has 4 rings (SSSR count). The maximum atomic E-state index is 13.4. The second-order valence-electron chi connectivity index (χ2n) is 8.73. The lowest BCUT2D eigenvalue weighted by Crippen LogP contribution is -2.43. The largest absolute Gasteiger partial charge is 0.486 e. The molecule has 0 bridgehead atoms. The number of nitrogens with one attached hydrogen (secondary N) is 1. The minimum absolute atomic E-state index is 0.255. The van der Waals surface area contributed by atoms with E-state index in [2.05, 4.69) is 14.3 Å². The summed E-state index contributed by atoms with van der Waals surface area (Å²) in [6.07, 6.45) is 3.17. The molecule has 1 atom stereocenters. The van der Waals surface area contributed by atoms with Gasteiger partial charge in [0, 0.05) is 18.5 Å². The van der Waals surface area contributed by atoms with Gasteiger partial charge in [-0.2, -0.15) is 5.10 Å². The minimum atomic E-state index is -1.03. The molecule has 33 heavy (non-hydrogen) atoms. The van der Waals surface area contributed by atoms with Gasteiger partial charge in [-0.25, -0.2) is 9.69 Å². The highest BCUT2D eigenvalue weighted by molar-refractivity contribution is 7.22. The molecular weight excluding hydrogens is 441 g/mol. The van der Waals surface area contributed by atoms with Gasteiger partial charge in [-0.15, -0.1) is 9.24 Å². The third-order valence-corrected chi connectivity index (χ3v) is 6.25. The van der Waals surface area contributed by atoms with E-state index in [0.29, 0.717) is 42.7 Å². The minimum Gasteiger partial charge on any atom is -0.486 e. The molecule has 2 aliphatic rings. The molecule has 2 aliphatic heterocycles. The molecule has 1 N–H and O–H groups in total. The van der Waals surface area contributed by atoms with Crippen LogP contribution in [0.3, 0.4) is 0 Å². The van der Waals surface area contributed by atoms with Gasteiger partial charge in [0.25, 0.3) is 5.91 Å². The van der Waals surface area contributed by atoms with Crippen molar-refractivity contribution in [1.82, 2.24) is 14.7 Å². The van der Waals surface area contributed by atoms with E-state index < -0.39 is 11.6 Å². The van der Waals surface area contributed by atoms with Crippen molar-refractivity contribution in [2.45, 2.75) is 46.3 Å². The van der Waals surface area contributed by atoms with Gasteiger partial charge in [0.05, 0.1) is 18.4 Å². The number of hydrogen-bond acceptors (Lipinski definition) is 6. The molecule has 9 nitrogen and oxygen atoms in total. The van der Waals surface area contributed by atoms with Crippen LogP contribution in [-0.4, -0.2) is 51.1 Å². The van der Waals surface area contributed by atoms with Crippen molar-refractivity contribution in [3.8, 4) is 11.5 Å². The number of urea groups is 1. The van der Waals surface area contributed by atoms with Crippen LogP contribution in [0.5, 0.6) is 11.5 Å². The van der Waals surface area contributed by atoms with Crippen LogP contribution in [0, 0.1) is 5.41 Å². The smallest absolute Gasteiger partial charge is 0.332 e. The fourth-order valence-electron chi connectivity index (χ4n) is 3.95. The molecule has 0 aliphatic carbocycles. The van der Waals surface area contributed by atoms with Crippen molar-refractivity contribution >= 4 is 32.6 Å². The van der Waals surface area contributed by atoms with Crippen molar-refractivity contribution in [2.75, 3.05) is 18.1 Å². The highest BCUT2D eigenvalue weighted by atomic mass is 31.0. The number of rotatable bonds is 6. The van der Waals surface area contributed by atoms with E-state index in [9.17, 15) is 9.59 Å². The number of carbonyl (C=O) groups is 2. The van der Waals surface area contributed by atoms with Crippen LogP contribution in [0.25, 0.3) is 0 Å². The number of ether oxygens (including phenoxy) is 2. The Balaban J connectivity index is 1.57. The van der Waals surface area contributed by atoms with Crippen LogP contribution in [-0.2, 0) is 17.9 Å². The standard InChI is InChI=1S/C23H28N5O4P/c1-14(24)18(15(2)33)13-26-12-17(10-25-26)28-21(29)23(3,4)27(22(28)30)11-16-5-6-19-20(9-16)32-8-7-31-19/h5-6,9-10,12,24H,7-8,11,13,33H2,1-4H3/b18-15-,24-14?. The molecule has 1 fully saturated rings. The monoisotopic (exact) mass is 469 g/mol. The number of benzene rings is 1. The maximum Gasteiger partial charge on any atom is 0.332 e. The van der Waals surface area contributed by atoms with E-state index in [1.54, 1.807) is 36.5 Å². The van der Waals surface area contributed by atoms with Crippen molar-refractivity contribution in [2.24, 2.45) is 0 Å². The molecule has 2 aromatic rings. The van der Waals surface area contributed by atoms with E-state index in [1.165, 1.54) is 11.1 Å². The third kappa shape index (κ3) is 4.25. The van der Waals surface area contributed by atoms with Crippen LogP contribution in [0.15, 0.2) is 41.5 Å². The Morgan fingerprint density at radius 1 is 1.18 bits per heavy atom. The van der Waals surface area contributed by atoms with Crippen LogP contribution in [0.1, 0.15) is 33.3 Å². The SMILES string of the molecule is CC(=N)/C(Cn1cc(N2C(=O)N(Cc3ccc4c(c3)OCCO4)C(C)(C)C2=O)cn1)=C(/C)P. The summed E-state index contributed by atoms with van der Waals surface area (Å²) in [5.41, 5.74) is 1.50. The lowest BCUT2D eigenvalue weighted by molar-refractivity contribution is -0.123. The summed E-state index contributed by atoms with van der Waals surface area (Å²) >= 11 is 0. The lowest BCUT2D eigenvalue weighted by atomic mass is 10.0. The first-order valence-corrected chi connectivity index (χ1v) is 11.2. The van der Waals surface area contributed by atoms with Crippen LogP contribution < -0.4 is 14.4 Å². The molecule has 0 radical (unpaired) electrons. The Morgan fingerprint density at radius 3 is 2.55 bits per heavy atom. The van der Waals surface area contributed by atoms with Crippen molar-refractivity contribution in [3.63, 3.8) is 0 Å². The highest BCUT2D eigenvalue weighted by Crippen LogP contribution is 2.35. The van der Waals surface area contributed by atoms with E-state index in [4.69, 9.17) is 14.9 Å². The van der Waals surface area contributed by atoms with E-state index in [0.717, 1.165) is 16.5 Å². The van der Waals surface area contributed by atoms with Gasteiger partial charge in [-0.05, 0) is 56.3 Å². The Labute approximate surface area is 195 Å².